The predicted molar refractivity (Wildman–Crippen MR) is 106 cm³/mol. The van der Waals surface area contributed by atoms with Crippen LogP contribution in [0.25, 0.3) is 32.3 Å². The Labute approximate surface area is 143 Å². The molecule has 24 heavy (non-hydrogen) atoms. The molecule has 4 aromatic carbocycles. The summed E-state index contributed by atoms with van der Waals surface area (Å²) < 4.78 is 0. The van der Waals surface area contributed by atoms with Crippen molar-refractivity contribution in [3.05, 3.63) is 72.3 Å². The highest BCUT2D eigenvalue weighted by Gasteiger charge is 2.07. The molecule has 1 nitrogen and oxygen atoms in total. The molecule has 0 radical (unpaired) electrons. The lowest BCUT2D eigenvalue weighted by Gasteiger charge is -2.11. The lowest BCUT2D eigenvalue weighted by Crippen LogP contribution is -1.98. The van der Waals surface area contributed by atoms with E-state index in [1.165, 1.54) is 50.7 Å². The van der Waals surface area contributed by atoms with Crippen LogP contribution in [0.15, 0.2) is 66.7 Å². The monoisotopic (exact) mass is 313 g/mol. The number of nitrogens with two attached hydrogens (primary N) is 1. The van der Waals surface area contributed by atoms with Crippen molar-refractivity contribution < 1.29 is 0 Å². The van der Waals surface area contributed by atoms with Gasteiger partial charge in [0.1, 0.15) is 0 Å². The number of unbranched alkanes of at least 4 members (excludes halogenated alkanes) is 2. The first-order valence-electron chi connectivity index (χ1n) is 8.90. The number of benzene rings is 4. The molecule has 0 unspecified atom stereocenters. The number of fused-ring (bicyclic) bond motifs is 5. The van der Waals surface area contributed by atoms with Gasteiger partial charge in [-0.15, -0.1) is 0 Å². The van der Waals surface area contributed by atoms with Crippen LogP contribution in [0.2, 0.25) is 0 Å². The van der Waals surface area contributed by atoms with Crippen LogP contribution in [0, 0.1) is 0 Å². The molecule has 0 fully saturated rings. The summed E-state index contributed by atoms with van der Waals surface area (Å²) in [5.74, 6) is 0. The summed E-state index contributed by atoms with van der Waals surface area (Å²) in [6, 6.07) is 24.5. The standard InChI is InChI=1S/C23H23N/c24-16-5-1-2-7-17-9-6-11-21-20(17)14-15-22-19-10-4-3-8-18(19)12-13-23(21)22/h3-4,6,8-15H,1-2,5,7,16,24H2. The van der Waals surface area contributed by atoms with Crippen LogP contribution in [0.4, 0.5) is 0 Å². The molecule has 1 heteroatoms. The van der Waals surface area contributed by atoms with Crippen molar-refractivity contribution in [1.82, 2.24) is 0 Å². The van der Waals surface area contributed by atoms with E-state index in [0.717, 1.165) is 19.4 Å². The Balaban J connectivity index is 1.85. The van der Waals surface area contributed by atoms with E-state index in [-0.39, 0.29) is 0 Å². The van der Waals surface area contributed by atoms with E-state index in [9.17, 15) is 0 Å². The molecule has 0 amide bonds. The average molecular weight is 313 g/mol. The molecule has 0 aliphatic rings. The summed E-state index contributed by atoms with van der Waals surface area (Å²) in [7, 11) is 0. The van der Waals surface area contributed by atoms with Gasteiger partial charge in [0, 0.05) is 0 Å². The maximum absolute atomic E-state index is 5.61. The first-order chi connectivity index (χ1) is 11.9. The molecule has 0 saturated carbocycles. The van der Waals surface area contributed by atoms with Crippen LogP contribution in [0.5, 0.6) is 0 Å². The maximum atomic E-state index is 5.61. The van der Waals surface area contributed by atoms with Crippen molar-refractivity contribution >= 4 is 32.3 Å². The largest absolute Gasteiger partial charge is 0.330 e. The van der Waals surface area contributed by atoms with E-state index in [1.807, 2.05) is 0 Å². The molecule has 4 rings (SSSR count). The second kappa shape index (κ2) is 6.62. The van der Waals surface area contributed by atoms with Gasteiger partial charge in [0.25, 0.3) is 0 Å². The quantitative estimate of drug-likeness (QED) is 0.365. The first-order valence-corrected chi connectivity index (χ1v) is 8.90. The smallest absolute Gasteiger partial charge is 0.00773 e. The molecule has 0 aromatic heterocycles. The maximum Gasteiger partial charge on any atom is -0.00773 e. The predicted octanol–water partition coefficient (Wildman–Crippen LogP) is 5.82. The third-order valence-corrected chi connectivity index (χ3v) is 5.02. The third kappa shape index (κ3) is 2.65. The SMILES string of the molecule is NCCCCCc1cccc2c1ccc1c3ccccc3ccc21. The highest BCUT2D eigenvalue weighted by Crippen LogP contribution is 2.32. The van der Waals surface area contributed by atoms with Crippen LogP contribution < -0.4 is 5.73 Å². The fraction of sp³-hybridized carbons (Fsp3) is 0.217. The first kappa shape index (κ1) is 15.2. The van der Waals surface area contributed by atoms with Crippen molar-refractivity contribution in [2.45, 2.75) is 25.7 Å². The normalized spacial score (nSPS) is 11.5. The van der Waals surface area contributed by atoms with Crippen molar-refractivity contribution in [2.75, 3.05) is 6.54 Å². The van der Waals surface area contributed by atoms with E-state index in [2.05, 4.69) is 66.7 Å². The minimum atomic E-state index is 0.799. The highest BCUT2D eigenvalue weighted by atomic mass is 14.5. The summed E-state index contributed by atoms with van der Waals surface area (Å²) in [6.07, 6.45) is 4.69. The zero-order chi connectivity index (χ0) is 16.4. The highest BCUT2D eigenvalue weighted by molar-refractivity contribution is 6.17. The topological polar surface area (TPSA) is 26.0 Å². The number of rotatable bonds is 5. The Morgan fingerprint density at radius 1 is 0.542 bits per heavy atom. The van der Waals surface area contributed by atoms with Gasteiger partial charge < -0.3 is 5.73 Å². The molecule has 0 heterocycles. The van der Waals surface area contributed by atoms with Crippen molar-refractivity contribution in [1.29, 1.82) is 0 Å². The minimum absolute atomic E-state index is 0.799. The molecule has 0 aliphatic carbocycles. The molecule has 0 spiro atoms. The molecule has 0 aliphatic heterocycles. The van der Waals surface area contributed by atoms with E-state index in [4.69, 9.17) is 5.73 Å². The van der Waals surface area contributed by atoms with Crippen LogP contribution >= 0.6 is 0 Å². The molecular formula is C23H23N. The van der Waals surface area contributed by atoms with Crippen LogP contribution in [-0.4, -0.2) is 6.54 Å². The Hall–Kier alpha value is -2.38. The molecule has 0 saturated heterocycles. The van der Waals surface area contributed by atoms with Gasteiger partial charge in [-0.25, -0.2) is 0 Å². The van der Waals surface area contributed by atoms with Crippen molar-refractivity contribution in [3.63, 3.8) is 0 Å². The van der Waals surface area contributed by atoms with E-state index >= 15 is 0 Å². The van der Waals surface area contributed by atoms with E-state index in [1.54, 1.807) is 0 Å². The van der Waals surface area contributed by atoms with Gasteiger partial charge in [0.15, 0.2) is 0 Å². The second-order valence-electron chi connectivity index (χ2n) is 6.56. The zero-order valence-corrected chi connectivity index (χ0v) is 14.0. The van der Waals surface area contributed by atoms with Crippen LogP contribution in [0.3, 0.4) is 0 Å². The molecular weight excluding hydrogens is 290 g/mol. The van der Waals surface area contributed by atoms with Gasteiger partial charge >= 0.3 is 0 Å². The van der Waals surface area contributed by atoms with Gasteiger partial charge in [-0.05, 0) is 63.7 Å². The third-order valence-electron chi connectivity index (χ3n) is 5.02. The summed E-state index contributed by atoms with van der Waals surface area (Å²) >= 11 is 0. The van der Waals surface area contributed by atoms with Crippen LogP contribution in [0.1, 0.15) is 24.8 Å². The van der Waals surface area contributed by atoms with Crippen molar-refractivity contribution in [2.24, 2.45) is 5.73 Å². The fourth-order valence-corrected chi connectivity index (χ4v) is 3.78. The number of hydrogen-bond acceptors (Lipinski definition) is 1. The summed E-state index contributed by atoms with van der Waals surface area (Å²) in [4.78, 5) is 0. The Morgan fingerprint density at radius 3 is 2.17 bits per heavy atom. The molecule has 4 aromatic rings. The molecule has 0 atom stereocenters. The summed E-state index contributed by atoms with van der Waals surface area (Å²) in [5.41, 5.74) is 7.06. The zero-order valence-electron chi connectivity index (χ0n) is 14.0. The Kier molecular flexibility index (Phi) is 4.18. The van der Waals surface area contributed by atoms with Gasteiger partial charge in [-0.1, -0.05) is 73.2 Å². The van der Waals surface area contributed by atoms with Gasteiger partial charge in [0.05, 0.1) is 0 Å². The molecule has 120 valence electrons. The van der Waals surface area contributed by atoms with Crippen molar-refractivity contribution in [3.8, 4) is 0 Å². The second-order valence-corrected chi connectivity index (χ2v) is 6.56. The molecule has 0 bridgehead atoms. The average Bonchev–Trinajstić information content (AvgIpc) is 2.64. The van der Waals surface area contributed by atoms with Crippen LogP contribution in [-0.2, 0) is 6.42 Å². The van der Waals surface area contributed by atoms with Gasteiger partial charge in [-0.3, -0.25) is 0 Å². The number of aryl methyl sites for hydroxylation is 1. The van der Waals surface area contributed by atoms with Gasteiger partial charge in [-0.2, -0.15) is 0 Å². The lowest BCUT2D eigenvalue weighted by atomic mass is 9.93. The minimum Gasteiger partial charge on any atom is -0.330 e. The van der Waals surface area contributed by atoms with E-state index < -0.39 is 0 Å². The van der Waals surface area contributed by atoms with Gasteiger partial charge in [0.2, 0.25) is 0 Å². The summed E-state index contributed by atoms with van der Waals surface area (Å²) in [6.45, 7) is 0.799. The summed E-state index contributed by atoms with van der Waals surface area (Å²) in [5, 5.41) is 8.12. The number of hydrogen-bond donors (Lipinski definition) is 1. The molecule has 2 N–H and O–H groups in total. The fourth-order valence-electron chi connectivity index (χ4n) is 3.78. The Morgan fingerprint density at radius 2 is 1.25 bits per heavy atom. The Bertz CT molecular complexity index is 1000. The lowest BCUT2D eigenvalue weighted by molar-refractivity contribution is 0.688. The van der Waals surface area contributed by atoms with E-state index in [0.29, 0.717) is 0 Å².